The first-order chi connectivity index (χ1) is 7.19. The summed E-state index contributed by atoms with van der Waals surface area (Å²) in [6.07, 6.45) is 6.69. The van der Waals surface area contributed by atoms with E-state index in [-0.39, 0.29) is 5.54 Å². The van der Waals surface area contributed by atoms with Gasteiger partial charge in [0.1, 0.15) is 5.54 Å². The fraction of sp³-hybridized carbons (Fsp3) is 0.636. The Morgan fingerprint density at radius 1 is 1.73 bits per heavy atom. The highest BCUT2D eigenvalue weighted by Gasteiger charge is 2.39. The number of nitriles is 1. The van der Waals surface area contributed by atoms with Crippen LogP contribution in [0.25, 0.3) is 0 Å². The first kappa shape index (κ1) is 10.2. The molecule has 0 aliphatic heterocycles. The number of aryl methyl sites for hydroxylation is 1. The van der Waals surface area contributed by atoms with Crippen LogP contribution in [0.1, 0.15) is 30.9 Å². The summed E-state index contributed by atoms with van der Waals surface area (Å²) in [4.78, 5) is 0. The van der Waals surface area contributed by atoms with Crippen molar-refractivity contribution in [2.75, 3.05) is 7.05 Å². The van der Waals surface area contributed by atoms with Crippen LogP contribution in [-0.2, 0) is 0 Å². The zero-order valence-corrected chi connectivity index (χ0v) is 9.20. The molecular formula is C11H16N4. The van der Waals surface area contributed by atoms with Crippen molar-refractivity contribution >= 4 is 0 Å². The Balaban J connectivity index is 2.14. The van der Waals surface area contributed by atoms with Crippen LogP contribution in [0, 0.1) is 18.3 Å². The first-order valence-corrected chi connectivity index (χ1v) is 5.30. The summed E-state index contributed by atoms with van der Waals surface area (Å²) in [6, 6.07) is 2.75. The quantitative estimate of drug-likeness (QED) is 0.792. The standard InChI is InChI=1S/C11H16N4/c1-9-6-14-15(7-9)10-3-4-11(5-10,8-12)13-2/h6-7,10,13H,3-5H2,1-2H3. The molecule has 4 nitrogen and oxygen atoms in total. The van der Waals surface area contributed by atoms with Gasteiger partial charge >= 0.3 is 0 Å². The van der Waals surface area contributed by atoms with E-state index < -0.39 is 0 Å². The summed E-state index contributed by atoms with van der Waals surface area (Å²) >= 11 is 0. The molecule has 0 radical (unpaired) electrons. The lowest BCUT2D eigenvalue weighted by Gasteiger charge is -2.19. The smallest absolute Gasteiger partial charge is 0.108 e. The number of aromatic nitrogens is 2. The average molecular weight is 204 g/mol. The van der Waals surface area contributed by atoms with E-state index in [2.05, 4.69) is 16.5 Å². The fourth-order valence-electron chi connectivity index (χ4n) is 2.26. The molecule has 0 amide bonds. The van der Waals surface area contributed by atoms with Crippen molar-refractivity contribution in [1.82, 2.24) is 15.1 Å². The highest BCUT2D eigenvalue weighted by molar-refractivity contribution is 5.13. The van der Waals surface area contributed by atoms with E-state index in [9.17, 15) is 0 Å². The van der Waals surface area contributed by atoms with E-state index >= 15 is 0 Å². The van der Waals surface area contributed by atoms with E-state index in [1.807, 2.05) is 31.0 Å². The number of nitrogens with one attached hydrogen (secondary N) is 1. The molecule has 1 N–H and O–H groups in total. The number of nitrogens with zero attached hydrogens (tertiary/aromatic N) is 3. The van der Waals surface area contributed by atoms with Gasteiger partial charge in [-0.2, -0.15) is 10.4 Å². The van der Waals surface area contributed by atoms with Crippen LogP contribution in [0.4, 0.5) is 0 Å². The van der Waals surface area contributed by atoms with Crippen LogP contribution in [0.5, 0.6) is 0 Å². The molecule has 1 aromatic heterocycles. The van der Waals surface area contributed by atoms with Gasteiger partial charge in [0.15, 0.2) is 0 Å². The summed E-state index contributed by atoms with van der Waals surface area (Å²) in [5.41, 5.74) is 0.832. The largest absolute Gasteiger partial charge is 0.302 e. The molecular weight excluding hydrogens is 188 g/mol. The van der Waals surface area contributed by atoms with Crippen molar-refractivity contribution in [2.24, 2.45) is 0 Å². The van der Waals surface area contributed by atoms with E-state index in [1.54, 1.807) is 0 Å². The lowest BCUT2D eigenvalue weighted by molar-refractivity contribution is 0.410. The van der Waals surface area contributed by atoms with Gasteiger partial charge in [-0.05, 0) is 32.4 Å². The van der Waals surface area contributed by atoms with Crippen molar-refractivity contribution in [3.05, 3.63) is 18.0 Å². The summed E-state index contributed by atoms with van der Waals surface area (Å²) in [5.74, 6) is 0. The van der Waals surface area contributed by atoms with Gasteiger partial charge in [0.2, 0.25) is 0 Å². The van der Waals surface area contributed by atoms with Gasteiger partial charge in [-0.25, -0.2) is 0 Å². The zero-order valence-electron chi connectivity index (χ0n) is 9.20. The summed E-state index contributed by atoms with van der Waals surface area (Å²) in [7, 11) is 1.86. The third-order valence-electron chi connectivity index (χ3n) is 3.29. The second kappa shape index (κ2) is 3.67. The lowest BCUT2D eigenvalue weighted by Crippen LogP contribution is -2.38. The van der Waals surface area contributed by atoms with Crippen LogP contribution in [0.3, 0.4) is 0 Å². The molecule has 1 aliphatic rings. The molecule has 2 unspecified atom stereocenters. The van der Waals surface area contributed by atoms with Gasteiger partial charge in [-0.15, -0.1) is 0 Å². The number of hydrogen-bond acceptors (Lipinski definition) is 3. The van der Waals surface area contributed by atoms with Crippen LogP contribution in [-0.4, -0.2) is 22.4 Å². The van der Waals surface area contributed by atoms with Gasteiger partial charge in [0, 0.05) is 12.6 Å². The van der Waals surface area contributed by atoms with E-state index in [1.165, 1.54) is 5.56 Å². The Morgan fingerprint density at radius 3 is 3.00 bits per heavy atom. The van der Waals surface area contributed by atoms with Crippen molar-refractivity contribution in [2.45, 2.75) is 37.8 Å². The highest BCUT2D eigenvalue weighted by Crippen LogP contribution is 2.36. The topological polar surface area (TPSA) is 53.6 Å². The molecule has 1 saturated carbocycles. The van der Waals surface area contributed by atoms with Crippen molar-refractivity contribution in [1.29, 1.82) is 5.26 Å². The van der Waals surface area contributed by atoms with Crippen LogP contribution >= 0.6 is 0 Å². The molecule has 0 saturated heterocycles. The minimum absolute atomic E-state index is 0.343. The Morgan fingerprint density at radius 2 is 2.53 bits per heavy atom. The van der Waals surface area contributed by atoms with Crippen molar-refractivity contribution in [3.8, 4) is 6.07 Å². The molecule has 0 spiro atoms. The van der Waals surface area contributed by atoms with E-state index in [0.717, 1.165) is 19.3 Å². The Hall–Kier alpha value is -1.34. The molecule has 0 bridgehead atoms. The highest BCUT2D eigenvalue weighted by atomic mass is 15.3. The minimum atomic E-state index is -0.343. The van der Waals surface area contributed by atoms with Crippen molar-refractivity contribution < 1.29 is 0 Å². The maximum Gasteiger partial charge on any atom is 0.108 e. The molecule has 1 aliphatic carbocycles. The second-order valence-electron chi connectivity index (χ2n) is 4.34. The Bertz CT molecular complexity index is 390. The summed E-state index contributed by atoms with van der Waals surface area (Å²) in [5, 5.41) is 16.6. The molecule has 80 valence electrons. The molecule has 4 heteroatoms. The molecule has 2 rings (SSSR count). The normalized spacial score (nSPS) is 30.3. The third kappa shape index (κ3) is 1.75. The van der Waals surface area contributed by atoms with Gasteiger partial charge in [0.25, 0.3) is 0 Å². The van der Waals surface area contributed by atoms with Gasteiger partial charge < -0.3 is 5.32 Å². The number of hydrogen-bond donors (Lipinski definition) is 1. The zero-order chi connectivity index (χ0) is 10.9. The maximum absolute atomic E-state index is 9.14. The molecule has 15 heavy (non-hydrogen) atoms. The van der Waals surface area contributed by atoms with Crippen LogP contribution < -0.4 is 5.32 Å². The molecule has 2 atom stereocenters. The SMILES string of the molecule is CNC1(C#N)CCC(n2cc(C)cn2)C1. The predicted octanol–water partition coefficient (Wildman–Crippen LogP) is 1.40. The maximum atomic E-state index is 9.14. The first-order valence-electron chi connectivity index (χ1n) is 5.30. The Kier molecular flexibility index (Phi) is 2.49. The second-order valence-corrected chi connectivity index (χ2v) is 4.34. The third-order valence-corrected chi connectivity index (χ3v) is 3.29. The van der Waals surface area contributed by atoms with Crippen LogP contribution in [0.2, 0.25) is 0 Å². The van der Waals surface area contributed by atoms with E-state index in [4.69, 9.17) is 5.26 Å². The van der Waals surface area contributed by atoms with Gasteiger partial charge in [0.05, 0.1) is 18.3 Å². The van der Waals surface area contributed by atoms with Gasteiger partial charge in [-0.1, -0.05) is 0 Å². The molecule has 1 heterocycles. The van der Waals surface area contributed by atoms with Gasteiger partial charge in [-0.3, -0.25) is 4.68 Å². The van der Waals surface area contributed by atoms with Crippen LogP contribution in [0.15, 0.2) is 12.4 Å². The van der Waals surface area contributed by atoms with Crippen molar-refractivity contribution in [3.63, 3.8) is 0 Å². The minimum Gasteiger partial charge on any atom is -0.302 e. The number of rotatable bonds is 2. The molecule has 1 fully saturated rings. The monoisotopic (exact) mass is 204 g/mol. The molecule has 1 aromatic rings. The van der Waals surface area contributed by atoms with E-state index in [0.29, 0.717) is 6.04 Å². The molecule has 0 aromatic carbocycles. The summed E-state index contributed by atoms with van der Waals surface area (Å²) in [6.45, 7) is 2.04. The Labute approximate surface area is 89.9 Å². The average Bonchev–Trinajstić information content (AvgIpc) is 2.84. The summed E-state index contributed by atoms with van der Waals surface area (Å²) < 4.78 is 1.99. The lowest BCUT2D eigenvalue weighted by atomic mass is 10.0. The predicted molar refractivity (Wildman–Crippen MR) is 57.3 cm³/mol. The fourth-order valence-corrected chi connectivity index (χ4v) is 2.26.